The third kappa shape index (κ3) is 23.9. The van der Waals surface area contributed by atoms with Crippen molar-refractivity contribution in [2.24, 2.45) is 10.8 Å². The van der Waals surface area contributed by atoms with Crippen molar-refractivity contribution in [3.63, 3.8) is 0 Å². The Morgan fingerprint density at radius 3 is 1.19 bits per heavy atom. The number of methoxy groups -OCH3 is 1. The molecular formula is C30H61O9PS2. The van der Waals surface area contributed by atoms with Gasteiger partial charge in [-0.2, -0.15) is 0 Å². The van der Waals surface area contributed by atoms with Crippen LogP contribution in [0.25, 0.3) is 0 Å². The Morgan fingerprint density at radius 2 is 0.857 bits per heavy atom. The van der Waals surface area contributed by atoms with E-state index in [0.717, 1.165) is 71.3 Å². The highest BCUT2D eigenvalue weighted by Crippen LogP contribution is 2.50. The van der Waals surface area contributed by atoms with Crippen LogP contribution in [0.5, 0.6) is 0 Å². The second kappa shape index (κ2) is 20.5. The van der Waals surface area contributed by atoms with Gasteiger partial charge in [-0.3, -0.25) is 0 Å². The molecule has 0 aliphatic carbocycles. The van der Waals surface area contributed by atoms with E-state index in [4.69, 9.17) is 9.05 Å². The summed E-state index contributed by atoms with van der Waals surface area (Å²) in [5, 5.41) is 0. The first-order valence-corrected chi connectivity index (χ1v) is 20.9. The standard InChI is InChI=1S/C30H61O9PS2/c1-29(2,3)20-14-10-8-12-16-24-41(33,34)26-18-22-38-40(32,28(31)37-7)39-23-19-27-42(35,36)25-17-13-9-11-15-21-30(4,5)6/h8-27H2,1-7H3. The summed E-state index contributed by atoms with van der Waals surface area (Å²) < 4.78 is 77.2. The molecule has 0 radical (unpaired) electrons. The van der Waals surface area contributed by atoms with Gasteiger partial charge in [-0.05, 0) is 49.4 Å². The Balaban J connectivity index is 4.30. The van der Waals surface area contributed by atoms with Gasteiger partial charge in [0.2, 0.25) is 0 Å². The average molecular weight is 661 g/mol. The fourth-order valence-corrected chi connectivity index (χ4v) is 8.46. The summed E-state index contributed by atoms with van der Waals surface area (Å²) in [5.41, 5.74) is -0.550. The average Bonchev–Trinajstić information content (AvgIpc) is 2.86. The van der Waals surface area contributed by atoms with E-state index in [1.165, 1.54) is 0 Å². The van der Waals surface area contributed by atoms with Crippen molar-refractivity contribution in [2.75, 3.05) is 43.3 Å². The molecule has 0 aliphatic heterocycles. The van der Waals surface area contributed by atoms with Crippen LogP contribution in [-0.4, -0.2) is 65.9 Å². The summed E-state index contributed by atoms with van der Waals surface area (Å²) >= 11 is 0. The van der Waals surface area contributed by atoms with Gasteiger partial charge in [0.15, 0.2) is 0 Å². The van der Waals surface area contributed by atoms with E-state index in [1.807, 2.05) is 0 Å². The molecule has 0 aromatic heterocycles. The molecule has 252 valence electrons. The number of hydrogen-bond donors (Lipinski definition) is 0. The van der Waals surface area contributed by atoms with Crippen LogP contribution in [0.1, 0.15) is 131 Å². The fraction of sp³-hybridized carbons (Fsp3) is 0.967. The van der Waals surface area contributed by atoms with Gasteiger partial charge in [-0.15, -0.1) is 0 Å². The molecule has 0 atom stereocenters. The maximum absolute atomic E-state index is 12.9. The zero-order valence-electron chi connectivity index (χ0n) is 27.6. The molecule has 0 N–H and O–H groups in total. The third-order valence-electron chi connectivity index (χ3n) is 6.88. The SMILES string of the molecule is COC(=O)P(=O)(OCCCS(=O)(=O)CCCCCCCC(C)(C)C)OCCCS(=O)(=O)CCCCCCCC(C)(C)C. The molecule has 0 saturated heterocycles. The van der Waals surface area contributed by atoms with Crippen molar-refractivity contribution in [1.82, 2.24) is 0 Å². The summed E-state index contributed by atoms with van der Waals surface area (Å²) in [7, 11) is -9.86. The van der Waals surface area contributed by atoms with Gasteiger partial charge in [-0.25, -0.2) is 26.2 Å². The Bertz CT molecular complexity index is 925. The van der Waals surface area contributed by atoms with Gasteiger partial charge >= 0.3 is 13.3 Å². The second-order valence-corrected chi connectivity index (χ2v) is 20.3. The lowest BCUT2D eigenvalue weighted by Crippen LogP contribution is -2.15. The Labute approximate surface area is 258 Å². The third-order valence-corrected chi connectivity index (χ3v) is 12.2. The largest absolute Gasteiger partial charge is 0.460 e. The predicted molar refractivity (Wildman–Crippen MR) is 173 cm³/mol. The highest BCUT2D eigenvalue weighted by Gasteiger charge is 2.36. The molecule has 0 spiro atoms. The smallest absolute Gasteiger partial charge is 0.438 e. The van der Waals surface area contributed by atoms with E-state index < -0.39 is 33.0 Å². The predicted octanol–water partition coefficient (Wildman–Crippen LogP) is 8.36. The molecule has 0 unspecified atom stereocenters. The van der Waals surface area contributed by atoms with Crippen LogP contribution in [-0.2, 0) is 38.0 Å². The van der Waals surface area contributed by atoms with Crippen LogP contribution in [0.15, 0.2) is 0 Å². The monoisotopic (exact) mass is 660 g/mol. The number of rotatable bonds is 25. The van der Waals surface area contributed by atoms with Crippen molar-refractivity contribution in [3.8, 4) is 0 Å². The molecule has 0 amide bonds. The zero-order chi connectivity index (χ0) is 32.3. The summed E-state index contributed by atoms with van der Waals surface area (Å²) in [6.45, 7) is 12.8. The first kappa shape index (κ1) is 41.5. The number of hydrogen-bond acceptors (Lipinski definition) is 9. The van der Waals surface area contributed by atoms with E-state index in [0.29, 0.717) is 23.7 Å². The molecule has 0 aromatic carbocycles. The lowest BCUT2D eigenvalue weighted by Gasteiger charge is -2.17. The number of carbonyl (C=O) groups is 1. The highest BCUT2D eigenvalue weighted by molar-refractivity contribution is 7.91. The van der Waals surface area contributed by atoms with Gasteiger partial charge in [0, 0.05) is 0 Å². The topological polar surface area (TPSA) is 130 Å². The summed E-state index contributed by atoms with van der Waals surface area (Å²) in [6, 6.07) is 0. The molecule has 12 heteroatoms. The quantitative estimate of drug-likeness (QED) is 0.0700. The molecule has 0 bridgehead atoms. The van der Waals surface area contributed by atoms with Crippen molar-refractivity contribution in [1.29, 1.82) is 0 Å². The van der Waals surface area contributed by atoms with Crippen LogP contribution in [0.2, 0.25) is 0 Å². The Hall–Kier alpha value is -0.480. The van der Waals surface area contributed by atoms with E-state index in [2.05, 4.69) is 46.3 Å². The Morgan fingerprint density at radius 1 is 0.548 bits per heavy atom. The zero-order valence-corrected chi connectivity index (χ0v) is 30.1. The minimum atomic E-state index is -4.32. The molecule has 0 aliphatic rings. The number of carbonyl (C=O) groups excluding carboxylic acids is 1. The van der Waals surface area contributed by atoms with Crippen LogP contribution < -0.4 is 0 Å². The van der Waals surface area contributed by atoms with Gasteiger partial charge < -0.3 is 13.8 Å². The van der Waals surface area contributed by atoms with Crippen LogP contribution in [0.3, 0.4) is 0 Å². The van der Waals surface area contributed by atoms with Crippen molar-refractivity contribution in [3.05, 3.63) is 0 Å². The summed E-state index contributed by atoms with van der Waals surface area (Å²) in [5.74, 6) is -0.119. The van der Waals surface area contributed by atoms with Crippen molar-refractivity contribution < 1.29 is 40.0 Å². The van der Waals surface area contributed by atoms with E-state index in [-0.39, 0.29) is 49.1 Å². The lowest BCUT2D eigenvalue weighted by atomic mass is 9.89. The van der Waals surface area contributed by atoms with E-state index in [9.17, 15) is 26.2 Å². The molecule has 0 fully saturated rings. The minimum absolute atomic E-state index is 0.0584. The molecule has 0 saturated carbocycles. The number of unbranched alkanes of at least 4 members (excludes halogenated alkanes) is 8. The molecule has 0 heterocycles. The van der Waals surface area contributed by atoms with Crippen LogP contribution in [0, 0.1) is 10.8 Å². The second-order valence-electron chi connectivity index (χ2n) is 13.8. The molecule has 42 heavy (non-hydrogen) atoms. The maximum atomic E-state index is 12.9. The highest BCUT2D eigenvalue weighted by atomic mass is 32.2. The summed E-state index contributed by atoms with van der Waals surface area (Å²) in [6.07, 6.45) is 11.8. The first-order chi connectivity index (χ1) is 19.3. The van der Waals surface area contributed by atoms with Gasteiger partial charge in [-0.1, -0.05) is 92.9 Å². The molecular weight excluding hydrogens is 599 g/mol. The lowest BCUT2D eigenvalue weighted by molar-refractivity contribution is 0.162. The summed E-state index contributed by atoms with van der Waals surface area (Å²) in [4.78, 5) is 12.1. The molecule has 0 rings (SSSR count). The van der Waals surface area contributed by atoms with Gasteiger partial charge in [0.1, 0.15) is 19.7 Å². The maximum Gasteiger partial charge on any atom is 0.438 e. The van der Waals surface area contributed by atoms with Crippen LogP contribution in [0.4, 0.5) is 4.79 Å². The molecule has 9 nitrogen and oxygen atoms in total. The number of ether oxygens (including phenoxy) is 1. The van der Waals surface area contributed by atoms with Crippen molar-refractivity contribution in [2.45, 2.75) is 131 Å². The van der Waals surface area contributed by atoms with Crippen molar-refractivity contribution >= 4 is 33.0 Å². The van der Waals surface area contributed by atoms with Crippen LogP contribution >= 0.6 is 7.60 Å². The normalized spacial score (nSPS) is 13.4. The minimum Gasteiger partial charge on any atom is -0.460 e. The van der Waals surface area contributed by atoms with E-state index in [1.54, 1.807) is 0 Å². The first-order valence-electron chi connectivity index (χ1n) is 15.7. The Kier molecular flexibility index (Phi) is 20.3. The molecule has 0 aromatic rings. The van der Waals surface area contributed by atoms with Gasteiger partial charge in [0.25, 0.3) is 0 Å². The number of sulfone groups is 2. The van der Waals surface area contributed by atoms with E-state index >= 15 is 0 Å². The fourth-order valence-electron chi connectivity index (χ4n) is 4.40. The van der Waals surface area contributed by atoms with Gasteiger partial charge in [0.05, 0.1) is 43.3 Å².